The number of hydrogen-bond acceptors (Lipinski definition) is 6. The summed E-state index contributed by atoms with van der Waals surface area (Å²) in [4.78, 5) is 7.21. The second-order valence-corrected chi connectivity index (χ2v) is 8.35. The Hall–Kier alpha value is -1.76. The van der Waals surface area contributed by atoms with Crippen molar-refractivity contribution in [2.45, 2.75) is 38.1 Å². The van der Waals surface area contributed by atoms with E-state index in [0.29, 0.717) is 23.1 Å². The van der Waals surface area contributed by atoms with Crippen molar-refractivity contribution in [3.63, 3.8) is 0 Å². The molecule has 1 aromatic heterocycles. The molecule has 1 aliphatic heterocycles. The van der Waals surface area contributed by atoms with Crippen LogP contribution in [0.15, 0.2) is 28.8 Å². The molecule has 5 rings (SSSR count). The van der Waals surface area contributed by atoms with Gasteiger partial charge in [0.05, 0.1) is 13.2 Å². The smallest absolute Gasteiger partial charge is 0.230 e. The van der Waals surface area contributed by atoms with Crippen molar-refractivity contribution < 1.29 is 9.26 Å². The van der Waals surface area contributed by atoms with Gasteiger partial charge in [-0.15, -0.1) is 0 Å². The molecule has 2 atom stereocenters. The van der Waals surface area contributed by atoms with Crippen molar-refractivity contribution in [2.24, 2.45) is 17.1 Å². The van der Waals surface area contributed by atoms with E-state index in [4.69, 9.17) is 20.0 Å². The molecular weight excluding hydrogens is 340 g/mol. The summed E-state index contributed by atoms with van der Waals surface area (Å²) in [5.41, 5.74) is 8.63. The van der Waals surface area contributed by atoms with Crippen molar-refractivity contribution in [1.29, 1.82) is 0 Å². The fraction of sp³-hybridized carbons (Fsp3) is 0.619. The van der Waals surface area contributed by atoms with E-state index in [9.17, 15) is 0 Å². The van der Waals surface area contributed by atoms with Crippen LogP contribution in [0.3, 0.4) is 0 Å². The molecule has 2 N–H and O–H groups in total. The lowest BCUT2D eigenvalue weighted by Crippen LogP contribution is -2.54. The van der Waals surface area contributed by atoms with Crippen molar-refractivity contribution in [2.75, 3.05) is 32.8 Å². The summed E-state index contributed by atoms with van der Waals surface area (Å²) in [5.74, 6) is 2.55. The molecule has 3 aliphatic rings. The Morgan fingerprint density at radius 2 is 2.07 bits per heavy atom. The van der Waals surface area contributed by atoms with Crippen LogP contribution in [0.25, 0.3) is 11.4 Å². The summed E-state index contributed by atoms with van der Waals surface area (Å²) >= 11 is 0. The molecule has 1 aromatic carbocycles. The van der Waals surface area contributed by atoms with Crippen LogP contribution in [0.2, 0.25) is 0 Å². The van der Waals surface area contributed by atoms with Crippen LogP contribution in [0.5, 0.6) is 0 Å². The summed E-state index contributed by atoms with van der Waals surface area (Å²) in [6, 6.07) is 8.51. The summed E-state index contributed by atoms with van der Waals surface area (Å²) in [5, 5.41) is 4.30. The third-order valence-electron chi connectivity index (χ3n) is 7.03. The van der Waals surface area contributed by atoms with Crippen LogP contribution in [0.1, 0.15) is 43.1 Å². The standard InChI is InChI=1S/C21H28N4O2/c22-13-17-12-18(21(17)5-2-6-21)20-23-19(24-27-20)16-4-1-3-15(11-16)14-25-7-9-26-10-8-25/h1,3-4,11,17-18H,2,5-10,12-14,22H2. The Morgan fingerprint density at radius 1 is 1.22 bits per heavy atom. The molecule has 1 saturated heterocycles. The monoisotopic (exact) mass is 368 g/mol. The van der Waals surface area contributed by atoms with Crippen LogP contribution in [-0.4, -0.2) is 47.9 Å². The highest BCUT2D eigenvalue weighted by Crippen LogP contribution is 2.66. The van der Waals surface area contributed by atoms with E-state index >= 15 is 0 Å². The highest BCUT2D eigenvalue weighted by atomic mass is 16.5. The number of aromatic nitrogens is 2. The molecule has 2 unspecified atom stereocenters. The predicted molar refractivity (Wildman–Crippen MR) is 102 cm³/mol. The summed E-state index contributed by atoms with van der Waals surface area (Å²) in [7, 11) is 0. The number of benzene rings is 1. The first-order chi connectivity index (χ1) is 13.3. The van der Waals surface area contributed by atoms with Crippen molar-refractivity contribution >= 4 is 0 Å². The number of morpholine rings is 1. The topological polar surface area (TPSA) is 77.4 Å². The molecule has 1 spiro atoms. The molecule has 27 heavy (non-hydrogen) atoms. The maximum atomic E-state index is 5.97. The Labute approximate surface area is 160 Å². The average Bonchev–Trinajstić information content (AvgIpc) is 3.11. The lowest BCUT2D eigenvalue weighted by atomic mass is 9.44. The van der Waals surface area contributed by atoms with E-state index in [1.54, 1.807) is 0 Å². The van der Waals surface area contributed by atoms with E-state index in [2.05, 4.69) is 34.3 Å². The van der Waals surface area contributed by atoms with Gasteiger partial charge in [0.15, 0.2) is 0 Å². The van der Waals surface area contributed by atoms with Gasteiger partial charge < -0.3 is 15.0 Å². The quantitative estimate of drug-likeness (QED) is 0.874. The van der Waals surface area contributed by atoms with Gasteiger partial charge in [0.25, 0.3) is 0 Å². The van der Waals surface area contributed by atoms with Crippen LogP contribution < -0.4 is 5.73 Å². The Morgan fingerprint density at radius 3 is 2.81 bits per heavy atom. The maximum Gasteiger partial charge on any atom is 0.230 e. The highest BCUT2D eigenvalue weighted by molar-refractivity contribution is 5.55. The average molecular weight is 368 g/mol. The van der Waals surface area contributed by atoms with Gasteiger partial charge in [-0.3, -0.25) is 4.90 Å². The number of nitrogens with two attached hydrogens (primary N) is 1. The molecule has 2 heterocycles. The van der Waals surface area contributed by atoms with Crippen LogP contribution >= 0.6 is 0 Å². The second-order valence-electron chi connectivity index (χ2n) is 8.35. The minimum absolute atomic E-state index is 0.344. The van der Waals surface area contributed by atoms with E-state index in [1.807, 2.05) is 0 Å². The SMILES string of the molecule is NCC1CC(c2nc(-c3cccc(CN4CCOCC4)c3)no2)C12CCC2. The number of ether oxygens (including phenoxy) is 1. The van der Waals surface area contributed by atoms with Crippen LogP contribution in [-0.2, 0) is 11.3 Å². The Kier molecular flexibility index (Phi) is 4.50. The van der Waals surface area contributed by atoms with Crippen LogP contribution in [0, 0.1) is 11.3 Å². The van der Waals surface area contributed by atoms with E-state index < -0.39 is 0 Å². The molecule has 2 aromatic rings. The molecule has 144 valence electrons. The van der Waals surface area contributed by atoms with Crippen molar-refractivity contribution in [3.8, 4) is 11.4 Å². The van der Waals surface area contributed by atoms with E-state index in [1.165, 1.54) is 24.8 Å². The Balaban J connectivity index is 1.32. The third-order valence-corrected chi connectivity index (χ3v) is 7.03. The van der Waals surface area contributed by atoms with Gasteiger partial charge in [-0.2, -0.15) is 4.98 Å². The molecule has 0 radical (unpaired) electrons. The largest absolute Gasteiger partial charge is 0.379 e. The molecule has 6 heteroatoms. The lowest BCUT2D eigenvalue weighted by Gasteiger charge is -2.60. The van der Waals surface area contributed by atoms with Gasteiger partial charge in [0.2, 0.25) is 11.7 Å². The zero-order chi connectivity index (χ0) is 18.3. The molecule has 3 fully saturated rings. The maximum absolute atomic E-state index is 5.97. The predicted octanol–water partition coefficient (Wildman–Crippen LogP) is 2.80. The zero-order valence-corrected chi connectivity index (χ0v) is 15.8. The van der Waals surface area contributed by atoms with Gasteiger partial charge in [-0.1, -0.05) is 29.8 Å². The van der Waals surface area contributed by atoms with Gasteiger partial charge >= 0.3 is 0 Å². The first-order valence-corrected chi connectivity index (χ1v) is 10.2. The van der Waals surface area contributed by atoms with Gasteiger partial charge in [0, 0.05) is 31.1 Å². The minimum atomic E-state index is 0.344. The summed E-state index contributed by atoms with van der Waals surface area (Å²) < 4.78 is 11.1. The van der Waals surface area contributed by atoms with Crippen molar-refractivity contribution in [1.82, 2.24) is 15.0 Å². The van der Waals surface area contributed by atoms with Gasteiger partial charge in [0.1, 0.15) is 0 Å². The fourth-order valence-electron chi connectivity index (χ4n) is 5.22. The molecule has 6 nitrogen and oxygen atoms in total. The normalized spacial score (nSPS) is 27.3. The van der Waals surface area contributed by atoms with Gasteiger partial charge in [-0.25, -0.2) is 0 Å². The molecule has 2 aliphatic carbocycles. The third kappa shape index (κ3) is 3.00. The molecule has 0 bridgehead atoms. The number of hydrogen-bond donors (Lipinski definition) is 1. The number of rotatable bonds is 5. The molecular formula is C21H28N4O2. The van der Waals surface area contributed by atoms with Crippen molar-refractivity contribution in [3.05, 3.63) is 35.7 Å². The summed E-state index contributed by atoms with van der Waals surface area (Å²) in [6.07, 6.45) is 4.91. The second kappa shape index (κ2) is 7.00. The molecule has 0 amide bonds. The van der Waals surface area contributed by atoms with Gasteiger partial charge in [-0.05, 0) is 48.8 Å². The zero-order valence-electron chi connectivity index (χ0n) is 15.8. The summed E-state index contributed by atoms with van der Waals surface area (Å²) in [6.45, 7) is 5.33. The first-order valence-electron chi connectivity index (χ1n) is 10.2. The highest BCUT2D eigenvalue weighted by Gasteiger charge is 2.59. The fourth-order valence-corrected chi connectivity index (χ4v) is 5.22. The Bertz CT molecular complexity index is 795. The molecule has 2 saturated carbocycles. The number of nitrogens with zero attached hydrogens (tertiary/aromatic N) is 3. The van der Waals surface area contributed by atoms with E-state index in [0.717, 1.165) is 57.3 Å². The minimum Gasteiger partial charge on any atom is -0.379 e. The lowest BCUT2D eigenvalue weighted by molar-refractivity contribution is -0.0834. The van der Waals surface area contributed by atoms with Crippen LogP contribution in [0.4, 0.5) is 0 Å². The van der Waals surface area contributed by atoms with E-state index in [-0.39, 0.29) is 0 Å². The first kappa shape index (κ1) is 17.3.